The van der Waals surface area contributed by atoms with Gasteiger partial charge in [-0.3, -0.25) is 0 Å². The highest BCUT2D eigenvalue weighted by atomic mass is 79.9. The molecule has 0 spiro atoms. The summed E-state index contributed by atoms with van der Waals surface area (Å²) in [6, 6.07) is 10.2. The largest absolute Gasteiger partial charge is 0.497 e. The van der Waals surface area contributed by atoms with Crippen LogP contribution in [-0.4, -0.2) is 7.11 Å². The van der Waals surface area contributed by atoms with Crippen molar-refractivity contribution in [2.75, 3.05) is 7.11 Å². The van der Waals surface area contributed by atoms with Gasteiger partial charge in [0.05, 0.1) is 11.9 Å². The summed E-state index contributed by atoms with van der Waals surface area (Å²) in [5, 5.41) is 0.588. The Morgan fingerprint density at radius 3 is 2.53 bits per heavy atom. The molecule has 0 amide bonds. The molecule has 2 rings (SSSR count). The summed E-state index contributed by atoms with van der Waals surface area (Å²) in [5.74, 6) is 0.444. The Morgan fingerprint density at radius 1 is 1.16 bits per heavy atom. The number of benzene rings is 2. The quantitative estimate of drug-likeness (QED) is 0.689. The Bertz CT molecular complexity index is 601. The molecule has 19 heavy (non-hydrogen) atoms. The van der Waals surface area contributed by atoms with Crippen LogP contribution in [0.2, 0.25) is 5.02 Å². The van der Waals surface area contributed by atoms with E-state index in [4.69, 9.17) is 16.3 Å². The van der Waals surface area contributed by atoms with Gasteiger partial charge in [-0.2, -0.15) is 0 Å². The van der Waals surface area contributed by atoms with Crippen molar-refractivity contribution in [3.05, 3.63) is 63.9 Å². The average Bonchev–Trinajstić information content (AvgIpc) is 2.40. The van der Waals surface area contributed by atoms with Gasteiger partial charge < -0.3 is 4.74 Å². The van der Waals surface area contributed by atoms with Crippen molar-refractivity contribution >= 4 is 27.5 Å². The molecular formula is C15H13BrClFO. The Morgan fingerprint density at radius 2 is 1.89 bits per heavy atom. The molecule has 0 aliphatic carbocycles. The van der Waals surface area contributed by atoms with Crippen LogP contribution in [0.1, 0.15) is 21.5 Å². The first-order valence-corrected chi connectivity index (χ1v) is 7.06. The predicted octanol–water partition coefficient (Wildman–Crippen LogP) is 5.28. The normalized spacial score (nSPS) is 12.3. The Kier molecular flexibility index (Phi) is 4.48. The number of hydrogen-bond acceptors (Lipinski definition) is 1. The Labute approximate surface area is 125 Å². The molecule has 0 bridgehead atoms. The number of ether oxygens (including phenoxy) is 1. The van der Waals surface area contributed by atoms with Crippen molar-refractivity contribution < 1.29 is 9.13 Å². The SMILES string of the molecule is COc1ccc(C(Br)c2cc(F)ccc2C)c(Cl)c1. The number of methoxy groups -OCH3 is 1. The summed E-state index contributed by atoms with van der Waals surface area (Å²) in [4.78, 5) is -0.151. The maximum absolute atomic E-state index is 13.4. The van der Waals surface area contributed by atoms with Crippen molar-refractivity contribution in [3.63, 3.8) is 0 Å². The van der Waals surface area contributed by atoms with Gasteiger partial charge in [0.2, 0.25) is 0 Å². The minimum atomic E-state index is -0.255. The maximum atomic E-state index is 13.4. The zero-order chi connectivity index (χ0) is 14.0. The highest BCUT2D eigenvalue weighted by Gasteiger charge is 2.17. The zero-order valence-corrected chi connectivity index (χ0v) is 12.9. The molecule has 0 saturated heterocycles. The molecule has 0 aromatic heterocycles. The predicted molar refractivity (Wildman–Crippen MR) is 79.9 cm³/mol. The van der Waals surface area contributed by atoms with Crippen molar-refractivity contribution in [2.24, 2.45) is 0 Å². The van der Waals surface area contributed by atoms with Crippen LogP contribution in [0.3, 0.4) is 0 Å². The van der Waals surface area contributed by atoms with Crippen molar-refractivity contribution in [1.29, 1.82) is 0 Å². The minimum Gasteiger partial charge on any atom is -0.497 e. The molecule has 0 aliphatic rings. The summed E-state index contributed by atoms with van der Waals surface area (Å²) in [7, 11) is 1.59. The molecule has 1 unspecified atom stereocenters. The van der Waals surface area contributed by atoms with Gasteiger partial charge in [-0.05, 0) is 47.9 Å². The fourth-order valence-electron chi connectivity index (χ4n) is 1.89. The van der Waals surface area contributed by atoms with Gasteiger partial charge in [0.1, 0.15) is 11.6 Å². The number of halogens is 3. The molecule has 2 aromatic rings. The van der Waals surface area contributed by atoms with Gasteiger partial charge in [0, 0.05) is 5.02 Å². The van der Waals surface area contributed by atoms with Crippen molar-refractivity contribution in [2.45, 2.75) is 11.8 Å². The lowest BCUT2D eigenvalue weighted by Crippen LogP contribution is -1.98. The Balaban J connectivity index is 2.43. The maximum Gasteiger partial charge on any atom is 0.123 e. The fraction of sp³-hybridized carbons (Fsp3) is 0.200. The Hall–Kier alpha value is -1.06. The number of alkyl halides is 1. The third kappa shape index (κ3) is 3.10. The molecule has 0 saturated carbocycles. The molecule has 0 fully saturated rings. The number of hydrogen-bond donors (Lipinski definition) is 0. The molecule has 2 aromatic carbocycles. The number of aryl methyl sites for hydroxylation is 1. The third-order valence-corrected chi connectivity index (χ3v) is 4.31. The topological polar surface area (TPSA) is 9.23 Å². The van der Waals surface area contributed by atoms with E-state index in [1.807, 2.05) is 19.1 Å². The highest BCUT2D eigenvalue weighted by Crippen LogP contribution is 2.38. The highest BCUT2D eigenvalue weighted by molar-refractivity contribution is 9.09. The van der Waals surface area contributed by atoms with E-state index in [1.54, 1.807) is 19.2 Å². The van der Waals surface area contributed by atoms with Gasteiger partial charge >= 0.3 is 0 Å². The first kappa shape index (κ1) is 14.4. The van der Waals surface area contributed by atoms with Gasteiger partial charge in [-0.25, -0.2) is 4.39 Å². The second kappa shape index (κ2) is 5.93. The lowest BCUT2D eigenvalue weighted by molar-refractivity contribution is 0.414. The van der Waals surface area contributed by atoms with Gasteiger partial charge in [0.25, 0.3) is 0 Å². The van der Waals surface area contributed by atoms with E-state index in [1.165, 1.54) is 12.1 Å². The van der Waals surface area contributed by atoms with Crippen LogP contribution in [-0.2, 0) is 0 Å². The molecule has 4 heteroatoms. The molecule has 0 aliphatic heterocycles. The fourth-order valence-corrected chi connectivity index (χ4v) is 3.20. The van der Waals surface area contributed by atoms with Crippen LogP contribution in [0.5, 0.6) is 5.75 Å². The van der Waals surface area contributed by atoms with E-state index in [9.17, 15) is 4.39 Å². The number of rotatable bonds is 3. The smallest absolute Gasteiger partial charge is 0.123 e. The molecule has 1 nitrogen and oxygen atoms in total. The van der Waals surface area contributed by atoms with Crippen molar-refractivity contribution in [1.82, 2.24) is 0 Å². The van der Waals surface area contributed by atoms with Crippen LogP contribution >= 0.6 is 27.5 Å². The molecule has 0 N–H and O–H groups in total. The summed E-state index contributed by atoms with van der Waals surface area (Å²) < 4.78 is 18.5. The van der Waals surface area contributed by atoms with Gasteiger partial charge in [-0.1, -0.05) is 39.7 Å². The zero-order valence-electron chi connectivity index (χ0n) is 10.6. The van der Waals surface area contributed by atoms with E-state index >= 15 is 0 Å². The third-order valence-electron chi connectivity index (χ3n) is 3.00. The summed E-state index contributed by atoms with van der Waals surface area (Å²) in [6.45, 7) is 1.94. The monoisotopic (exact) mass is 342 g/mol. The van der Waals surface area contributed by atoms with E-state index in [0.717, 1.165) is 16.7 Å². The van der Waals surface area contributed by atoms with Crippen LogP contribution in [0.15, 0.2) is 36.4 Å². The molecule has 100 valence electrons. The van der Waals surface area contributed by atoms with Crippen LogP contribution in [0, 0.1) is 12.7 Å². The van der Waals surface area contributed by atoms with Crippen LogP contribution in [0.4, 0.5) is 4.39 Å². The minimum absolute atomic E-state index is 0.151. The van der Waals surface area contributed by atoms with E-state index < -0.39 is 0 Å². The summed E-state index contributed by atoms with van der Waals surface area (Å²) >= 11 is 9.83. The molecule has 1 atom stereocenters. The van der Waals surface area contributed by atoms with Crippen LogP contribution < -0.4 is 4.74 Å². The summed E-state index contributed by atoms with van der Waals surface area (Å²) in [5.41, 5.74) is 2.76. The first-order chi connectivity index (χ1) is 9.02. The molecular weight excluding hydrogens is 331 g/mol. The second-order valence-electron chi connectivity index (χ2n) is 4.25. The van der Waals surface area contributed by atoms with Crippen molar-refractivity contribution in [3.8, 4) is 5.75 Å². The second-order valence-corrected chi connectivity index (χ2v) is 5.57. The first-order valence-electron chi connectivity index (χ1n) is 5.76. The lowest BCUT2D eigenvalue weighted by atomic mass is 10.00. The van der Waals surface area contributed by atoms with E-state index in [2.05, 4.69) is 15.9 Å². The molecule has 0 heterocycles. The average molecular weight is 344 g/mol. The van der Waals surface area contributed by atoms with Gasteiger partial charge in [0.15, 0.2) is 0 Å². The van der Waals surface area contributed by atoms with E-state index in [-0.39, 0.29) is 10.6 Å². The van der Waals surface area contributed by atoms with Crippen LogP contribution in [0.25, 0.3) is 0 Å². The standard InChI is InChI=1S/C15H13BrClFO/c1-9-3-4-10(18)7-13(9)15(16)12-6-5-11(19-2)8-14(12)17/h3-8,15H,1-2H3. The lowest BCUT2D eigenvalue weighted by Gasteiger charge is -2.16. The molecule has 0 radical (unpaired) electrons. The summed E-state index contributed by atoms with van der Waals surface area (Å²) in [6.07, 6.45) is 0. The van der Waals surface area contributed by atoms with E-state index in [0.29, 0.717) is 10.8 Å². The van der Waals surface area contributed by atoms with Gasteiger partial charge in [-0.15, -0.1) is 0 Å².